The minimum atomic E-state index is -0.496. The van der Waals surface area contributed by atoms with Crippen LogP contribution in [0.15, 0.2) is 24.3 Å². The van der Waals surface area contributed by atoms with Gasteiger partial charge in [0.05, 0.1) is 6.10 Å². The number of aromatic nitrogens is 3. The number of hydrogen-bond acceptors (Lipinski definition) is 4. The number of aliphatic hydroxyl groups is 1. The average Bonchev–Trinajstić information content (AvgIpc) is 2.78. The van der Waals surface area contributed by atoms with Gasteiger partial charge in [0.1, 0.15) is 18.2 Å². The number of aryl methyl sites for hydroxylation is 1. The Balaban J connectivity index is 2.07. The van der Waals surface area contributed by atoms with E-state index in [2.05, 4.69) is 21.7 Å². The molecule has 1 N–H and O–H groups in total. The number of nitrogens with zero attached hydrogens (tertiary/aromatic N) is 3. The molecule has 0 spiro atoms. The molecule has 20 heavy (non-hydrogen) atoms. The van der Waals surface area contributed by atoms with Crippen molar-refractivity contribution in [3.8, 4) is 5.75 Å². The highest BCUT2D eigenvalue weighted by Gasteiger charge is 2.09. The molecule has 2 rings (SSSR count). The Bertz CT molecular complexity index is 564. The molecule has 2 aromatic rings. The first-order valence-corrected chi connectivity index (χ1v) is 6.91. The van der Waals surface area contributed by atoms with Crippen molar-refractivity contribution in [2.45, 2.75) is 46.4 Å². The third-order valence-corrected chi connectivity index (χ3v) is 3.17. The molecule has 108 valence electrons. The molecule has 0 saturated heterocycles. The predicted octanol–water partition coefficient (Wildman–Crippen LogP) is 2.63. The fraction of sp³-hybridized carbons (Fsp3) is 0.467. The molecule has 0 saturated carbocycles. The molecule has 1 aromatic carbocycles. The Morgan fingerprint density at radius 1 is 1.35 bits per heavy atom. The SMILES string of the molecule is CCCn1c(C)nnc1COc1cccc(C(C)O)c1. The second kappa shape index (κ2) is 6.52. The molecule has 0 radical (unpaired) electrons. The largest absolute Gasteiger partial charge is 0.486 e. The van der Waals surface area contributed by atoms with Crippen molar-refractivity contribution >= 4 is 0 Å². The molecule has 1 unspecified atom stereocenters. The minimum Gasteiger partial charge on any atom is -0.486 e. The number of rotatable bonds is 6. The van der Waals surface area contributed by atoms with Gasteiger partial charge < -0.3 is 14.4 Å². The lowest BCUT2D eigenvalue weighted by Crippen LogP contribution is -2.08. The molecule has 5 nitrogen and oxygen atoms in total. The van der Waals surface area contributed by atoms with Crippen molar-refractivity contribution in [2.24, 2.45) is 0 Å². The van der Waals surface area contributed by atoms with Crippen LogP contribution < -0.4 is 4.74 Å². The summed E-state index contributed by atoms with van der Waals surface area (Å²) in [5.74, 6) is 2.46. The monoisotopic (exact) mass is 275 g/mol. The molecule has 1 atom stereocenters. The molecule has 5 heteroatoms. The van der Waals surface area contributed by atoms with Gasteiger partial charge in [0.25, 0.3) is 0 Å². The molecule has 0 bridgehead atoms. The van der Waals surface area contributed by atoms with Crippen molar-refractivity contribution in [1.82, 2.24) is 14.8 Å². The lowest BCUT2D eigenvalue weighted by Gasteiger charge is -2.10. The Morgan fingerprint density at radius 2 is 2.15 bits per heavy atom. The zero-order valence-corrected chi connectivity index (χ0v) is 12.2. The van der Waals surface area contributed by atoms with Crippen molar-refractivity contribution in [2.75, 3.05) is 0 Å². The molecular formula is C15H21N3O2. The summed E-state index contributed by atoms with van der Waals surface area (Å²) in [6.45, 7) is 7.08. The first kappa shape index (κ1) is 14.5. The summed E-state index contributed by atoms with van der Waals surface area (Å²) in [5, 5.41) is 17.8. The van der Waals surface area contributed by atoms with Crippen LogP contribution >= 0.6 is 0 Å². The fourth-order valence-corrected chi connectivity index (χ4v) is 2.06. The summed E-state index contributed by atoms with van der Waals surface area (Å²) in [6.07, 6.45) is 0.535. The highest BCUT2D eigenvalue weighted by Crippen LogP contribution is 2.19. The van der Waals surface area contributed by atoms with E-state index in [1.54, 1.807) is 6.92 Å². The third kappa shape index (κ3) is 3.36. The van der Waals surface area contributed by atoms with E-state index in [0.29, 0.717) is 6.61 Å². The van der Waals surface area contributed by atoms with Gasteiger partial charge in [-0.1, -0.05) is 19.1 Å². The zero-order valence-electron chi connectivity index (χ0n) is 12.2. The summed E-state index contributed by atoms with van der Waals surface area (Å²) in [6, 6.07) is 7.47. The minimum absolute atomic E-state index is 0.379. The second-order valence-corrected chi connectivity index (χ2v) is 4.85. The van der Waals surface area contributed by atoms with Crippen molar-refractivity contribution in [3.63, 3.8) is 0 Å². The van der Waals surface area contributed by atoms with Crippen LogP contribution in [0.1, 0.15) is 43.6 Å². The van der Waals surface area contributed by atoms with E-state index in [-0.39, 0.29) is 0 Å². The second-order valence-electron chi connectivity index (χ2n) is 4.85. The summed E-state index contributed by atoms with van der Waals surface area (Å²) in [5.41, 5.74) is 0.841. The highest BCUT2D eigenvalue weighted by molar-refractivity contribution is 5.29. The normalized spacial score (nSPS) is 12.4. The van der Waals surface area contributed by atoms with E-state index in [1.807, 2.05) is 31.2 Å². The van der Waals surface area contributed by atoms with Crippen LogP contribution in [0.25, 0.3) is 0 Å². The first-order chi connectivity index (χ1) is 9.61. The topological polar surface area (TPSA) is 60.2 Å². The number of ether oxygens (including phenoxy) is 1. The quantitative estimate of drug-likeness (QED) is 0.880. The van der Waals surface area contributed by atoms with E-state index in [0.717, 1.165) is 35.9 Å². The van der Waals surface area contributed by atoms with Gasteiger partial charge in [-0.25, -0.2) is 0 Å². The Kier molecular flexibility index (Phi) is 4.74. The molecule has 0 aliphatic heterocycles. The molecule has 0 fully saturated rings. The van der Waals surface area contributed by atoms with Crippen LogP contribution in [-0.4, -0.2) is 19.9 Å². The molecule has 0 aliphatic rings. The molecular weight excluding hydrogens is 254 g/mol. The van der Waals surface area contributed by atoms with Crippen LogP contribution in [-0.2, 0) is 13.2 Å². The van der Waals surface area contributed by atoms with Gasteiger partial charge in [-0.2, -0.15) is 0 Å². The number of hydrogen-bond donors (Lipinski definition) is 1. The Morgan fingerprint density at radius 3 is 2.85 bits per heavy atom. The summed E-state index contributed by atoms with van der Waals surface area (Å²) < 4.78 is 7.82. The number of aliphatic hydroxyl groups excluding tert-OH is 1. The van der Waals surface area contributed by atoms with Gasteiger partial charge in [0.2, 0.25) is 0 Å². The zero-order chi connectivity index (χ0) is 14.5. The molecule has 0 amide bonds. The van der Waals surface area contributed by atoms with Crippen molar-refractivity contribution in [1.29, 1.82) is 0 Å². The van der Waals surface area contributed by atoms with E-state index in [9.17, 15) is 5.11 Å². The maximum Gasteiger partial charge on any atom is 0.171 e. The Hall–Kier alpha value is -1.88. The standard InChI is InChI=1S/C15H21N3O2/c1-4-8-18-12(3)16-17-15(18)10-20-14-7-5-6-13(9-14)11(2)19/h5-7,9,11,19H,4,8,10H2,1-3H3. The van der Waals surface area contributed by atoms with E-state index >= 15 is 0 Å². The van der Waals surface area contributed by atoms with Crippen LogP contribution in [0, 0.1) is 6.92 Å². The first-order valence-electron chi connectivity index (χ1n) is 6.91. The van der Waals surface area contributed by atoms with Gasteiger partial charge in [0, 0.05) is 6.54 Å². The van der Waals surface area contributed by atoms with Crippen LogP contribution in [0.4, 0.5) is 0 Å². The van der Waals surface area contributed by atoms with Gasteiger partial charge in [-0.15, -0.1) is 10.2 Å². The molecule has 1 aromatic heterocycles. The van der Waals surface area contributed by atoms with Gasteiger partial charge in [-0.05, 0) is 38.0 Å². The van der Waals surface area contributed by atoms with Crippen LogP contribution in [0.2, 0.25) is 0 Å². The predicted molar refractivity (Wildman–Crippen MR) is 76.5 cm³/mol. The summed E-state index contributed by atoms with van der Waals surface area (Å²) in [4.78, 5) is 0. The van der Waals surface area contributed by atoms with Gasteiger partial charge in [-0.3, -0.25) is 0 Å². The van der Waals surface area contributed by atoms with E-state index < -0.39 is 6.10 Å². The van der Waals surface area contributed by atoms with Crippen LogP contribution in [0.5, 0.6) is 5.75 Å². The maximum absolute atomic E-state index is 9.57. The number of benzene rings is 1. The average molecular weight is 275 g/mol. The van der Waals surface area contributed by atoms with E-state index in [1.165, 1.54) is 0 Å². The highest BCUT2D eigenvalue weighted by atomic mass is 16.5. The lowest BCUT2D eigenvalue weighted by atomic mass is 10.1. The van der Waals surface area contributed by atoms with Crippen molar-refractivity contribution < 1.29 is 9.84 Å². The van der Waals surface area contributed by atoms with Crippen LogP contribution in [0.3, 0.4) is 0 Å². The van der Waals surface area contributed by atoms with Crippen molar-refractivity contribution in [3.05, 3.63) is 41.5 Å². The van der Waals surface area contributed by atoms with E-state index in [4.69, 9.17) is 4.74 Å². The Labute approximate surface area is 119 Å². The summed E-state index contributed by atoms with van der Waals surface area (Å²) >= 11 is 0. The molecule has 0 aliphatic carbocycles. The lowest BCUT2D eigenvalue weighted by molar-refractivity contribution is 0.198. The smallest absolute Gasteiger partial charge is 0.171 e. The molecule has 1 heterocycles. The maximum atomic E-state index is 9.57. The summed E-state index contributed by atoms with van der Waals surface area (Å²) in [7, 11) is 0. The van der Waals surface area contributed by atoms with Gasteiger partial charge >= 0.3 is 0 Å². The third-order valence-electron chi connectivity index (χ3n) is 3.17. The fourth-order valence-electron chi connectivity index (χ4n) is 2.06. The van der Waals surface area contributed by atoms with Gasteiger partial charge in [0.15, 0.2) is 5.82 Å².